The van der Waals surface area contributed by atoms with E-state index >= 15 is 0 Å². The van der Waals surface area contributed by atoms with Crippen LogP contribution in [0.3, 0.4) is 0 Å². The molecule has 1 fully saturated rings. The SMILES string of the molecule is CN1CCN(c2cc(Br)ccc2[N+](=O)[O-])C(CN)C1. The zero-order valence-corrected chi connectivity index (χ0v) is 12.3. The van der Waals surface area contributed by atoms with Crippen LogP contribution < -0.4 is 10.6 Å². The molecule has 1 aliphatic rings. The highest BCUT2D eigenvalue weighted by atomic mass is 79.9. The minimum atomic E-state index is -0.340. The fraction of sp³-hybridized carbons (Fsp3) is 0.500. The Kier molecular flexibility index (Phi) is 4.38. The number of nitro groups is 1. The Morgan fingerprint density at radius 2 is 2.26 bits per heavy atom. The fourth-order valence-corrected chi connectivity index (χ4v) is 2.76. The Balaban J connectivity index is 2.39. The molecule has 6 nitrogen and oxygen atoms in total. The van der Waals surface area contributed by atoms with Gasteiger partial charge in [-0.3, -0.25) is 10.1 Å². The van der Waals surface area contributed by atoms with Crippen molar-refractivity contribution in [3.63, 3.8) is 0 Å². The lowest BCUT2D eigenvalue weighted by atomic mass is 10.1. The van der Waals surface area contributed by atoms with Crippen LogP contribution in [0, 0.1) is 10.1 Å². The highest BCUT2D eigenvalue weighted by molar-refractivity contribution is 9.10. The summed E-state index contributed by atoms with van der Waals surface area (Å²) < 4.78 is 0.836. The van der Waals surface area contributed by atoms with Gasteiger partial charge in [0.1, 0.15) is 5.69 Å². The van der Waals surface area contributed by atoms with Crippen molar-refractivity contribution in [3.8, 4) is 0 Å². The van der Waals surface area contributed by atoms with Gasteiger partial charge >= 0.3 is 0 Å². The predicted molar refractivity (Wildman–Crippen MR) is 78.5 cm³/mol. The number of nitrogens with zero attached hydrogens (tertiary/aromatic N) is 3. The van der Waals surface area contributed by atoms with Gasteiger partial charge in [0.05, 0.1) is 11.0 Å². The first kappa shape index (κ1) is 14.2. The van der Waals surface area contributed by atoms with Gasteiger partial charge in [-0.2, -0.15) is 0 Å². The minimum Gasteiger partial charge on any atom is -0.359 e. The summed E-state index contributed by atoms with van der Waals surface area (Å²) in [6.45, 7) is 2.92. The van der Waals surface area contributed by atoms with Crippen LogP contribution in [0.25, 0.3) is 0 Å². The van der Waals surface area contributed by atoms with E-state index in [0.29, 0.717) is 12.2 Å². The second-order valence-corrected chi connectivity index (χ2v) is 5.65. The van der Waals surface area contributed by atoms with Gasteiger partial charge in [0.2, 0.25) is 0 Å². The predicted octanol–water partition coefficient (Wildman–Crippen LogP) is 1.44. The smallest absolute Gasteiger partial charge is 0.292 e. The van der Waals surface area contributed by atoms with Gasteiger partial charge in [-0.15, -0.1) is 0 Å². The maximum absolute atomic E-state index is 11.2. The van der Waals surface area contributed by atoms with E-state index in [1.807, 2.05) is 11.9 Å². The molecular formula is C12H17BrN4O2. The van der Waals surface area contributed by atoms with Gasteiger partial charge in [-0.25, -0.2) is 0 Å². The van der Waals surface area contributed by atoms with Crippen molar-refractivity contribution < 1.29 is 4.92 Å². The number of likely N-dealkylation sites (N-methyl/N-ethyl adjacent to an activating group) is 1. The Labute approximate surface area is 120 Å². The summed E-state index contributed by atoms with van der Waals surface area (Å²) in [6.07, 6.45) is 0. The molecule has 1 aliphatic heterocycles. The van der Waals surface area contributed by atoms with Crippen LogP contribution in [0.1, 0.15) is 0 Å². The van der Waals surface area contributed by atoms with Crippen molar-refractivity contribution in [2.45, 2.75) is 6.04 Å². The number of rotatable bonds is 3. The molecule has 19 heavy (non-hydrogen) atoms. The van der Waals surface area contributed by atoms with Crippen LogP contribution in [0.15, 0.2) is 22.7 Å². The normalized spacial score (nSPS) is 20.6. The highest BCUT2D eigenvalue weighted by Gasteiger charge is 2.29. The van der Waals surface area contributed by atoms with Crippen LogP contribution in [0.2, 0.25) is 0 Å². The molecule has 2 N–H and O–H groups in total. The lowest BCUT2D eigenvalue weighted by Crippen LogP contribution is -2.55. The Morgan fingerprint density at radius 3 is 2.89 bits per heavy atom. The molecule has 0 aromatic heterocycles. The van der Waals surface area contributed by atoms with E-state index in [2.05, 4.69) is 20.8 Å². The molecule has 1 saturated heterocycles. The first-order valence-electron chi connectivity index (χ1n) is 6.12. The molecule has 104 valence electrons. The summed E-state index contributed by atoms with van der Waals surface area (Å²) in [5.74, 6) is 0. The van der Waals surface area contributed by atoms with Crippen LogP contribution in [-0.2, 0) is 0 Å². The zero-order valence-electron chi connectivity index (χ0n) is 10.8. The third-order valence-electron chi connectivity index (χ3n) is 3.40. The lowest BCUT2D eigenvalue weighted by molar-refractivity contribution is -0.384. The monoisotopic (exact) mass is 328 g/mol. The number of halogens is 1. The van der Waals surface area contributed by atoms with E-state index in [1.165, 1.54) is 6.07 Å². The third kappa shape index (κ3) is 3.05. The van der Waals surface area contributed by atoms with Crippen LogP contribution >= 0.6 is 15.9 Å². The average Bonchev–Trinajstić information content (AvgIpc) is 2.38. The molecule has 0 saturated carbocycles. The van der Waals surface area contributed by atoms with E-state index < -0.39 is 0 Å². The van der Waals surface area contributed by atoms with Crippen molar-refractivity contribution in [3.05, 3.63) is 32.8 Å². The zero-order chi connectivity index (χ0) is 14.0. The highest BCUT2D eigenvalue weighted by Crippen LogP contribution is 2.33. The van der Waals surface area contributed by atoms with Crippen molar-refractivity contribution in [1.82, 2.24) is 4.90 Å². The van der Waals surface area contributed by atoms with E-state index in [4.69, 9.17) is 5.73 Å². The van der Waals surface area contributed by atoms with Crippen LogP contribution in [0.4, 0.5) is 11.4 Å². The largest absolute Gasteiger partial charge is 0.359 e. The maximum Gasteiger partial charge on any atom is 0.292 e. The molecule has 1 aromatic rings. The third-order valence-corrected chi connectivity index (χ3v) is 3.89. The van der Waals surface area contributed by atoms with E-state index in [1.54, 1.807) is 12.1 Å². The summed E-state index contributed by atoms with van der Waals surface area (Å²) in [5, 5.41) is 11.2. The van der Waals surface area contributed by atoms with Crippen molar-refractivity contribution in [2.75, 3.05) is 38.1 Å². The average molecular weight is 329 g/mol. The lowest BCUT2D eigenvalue weighted by Gasteiger charge is -2.40. The molecule has 1 heterocycles. The van der Waals surface area contributed by atoms with Gasteiger partial charge in [0.15, 0.2) is 0 Å². The topological polar surface area (TPSA) is 75.6 Å². The second-order valence-electron chi connectivity index (χ2n) is 4.74. The van der Waals surface area contributed by atoms with E-state index in [9.17, 15) is 10.1 Å². The Hall–Kier alpha value is -1.18. The van der Waals surface area contributed by atoms with Crippen LogP contribution in [-0.4, -0.2) is 49.1 Å². The number of piperazine rings is 1. The van der Waals surface area contributed by atoms with Crippen molar-refractivity contribution >= 4 is 27.3 Å². The van der Waals surface area contributed by atoms with E-state index in [0.717, 1.165) is 24.1 Å². The van der Waals surface area contributed by atoms with E-state index in [-0.39, 0.29) is 16.7 Å². The number of anilines is 1. The molecule has 1 unspecified atom stereocenters. The quantitative estimate of drug-likeness (QED) is 0.671. The standard InChI is InChI=1S/C12H17BrN4O2/c1-15-4-5-16(10(7-14)8-15)12-6-9(13)2-3-11(12)17(18)19/h2-3,6,10H,4-5,7-8,14H2,1H3. The van der Waals surface area contributed by atoms with Crippen LogP contribution in [0.5, 0.6) is 0 Å². The molecule has 2 rings (SSSR count). The van der Waals surface area contributed by atoms with Crippen molar-refractivity contribution in [2.24, 2.45) is 5.73 Å². The molecule has 7 heteroatoms. The molecular weight excluding hydrogens is 312 g/mol. The molecule has 0 amide bonds. The first-order chi connectivity index (χ1) is 9.02. The first-order valence-corrected chi connectivity index (χ1v) is 6.91. The van der Waals surface area contributed by atoms with Gasteiger partial charge in [0, 0.05) is 36.7 Å². The van der Waals surface area contributed by atoms with Crippen molar-refractivity contribution in [1.29, 1.82) is 0 Å². The summed E-state index contributed by atoms with van der Waals surface area (Å²) in [7, 11) is 2.04. The second kappa shape index (κ2) is 5.85. The number of nitro benzene ring substituents is 1. The van der Waals surface area contributed by atoms with Gasteiger partial charge in [-0.1, -0.05) is 15.9 Å². The van der Waals surface area contributed by atoms with Gasteiger partial charge in [0.25, 0.3) is 5.69 Å². The Bertz CT molecular complexity index is 483. The fourth-order valence-electron chi connectivity index (χ4n) is 2.41. The number of hydrogen-bond acceptors (Lipinski definition) is 5. The maximum atomic E-state index is 11.2. The molecule has 0 spiro atoms. The number of benzene rings is 1. The summed E-state index contributed by atoms with van der Waals surface area (Å²) >= 11 is 3.37. The summed E-state index contributed by atoms with van der Waals surface area (Å²) in [5.41, 5.74) is 6.58. The van der Waals surface area contributed by atoms with Gasteiger partial charge in [-0.05, 0) is 19.2 Å². The molecule has 1 atom stereocenters. The number of hydrogen-bond donors (Lipinski definition) is 1. The minimum absolute atomic E-state index is 0.103. The summed E-state index contributed by atoms with van der Waals surface area (Å²) in [6, 6.07) is 5.12. The molecule has 1 aromatic carbocycles. The summed E-state index contributed by atoms with van der Waals surface area (Å²) in [4.78, 5) is 15.1. The molecule has 0 radical (unpaired) electrons. The molecule has 0 bridgehead atoms. The van der Waals surface area contributed by atoms with Gasteiger partial charge < -0.3 is 15.5 Å². The Morgan fingerprint density at radius 1 is 1.53 bits per heavy atom. The molecule has 0 aliphatic carbocycles. The number of nitrogens with two attached hydrogens (primary N) is 1.